The Kier molecular flexibility index (Phi) is 4.79. The molecule has 0 saturated heterocycles. The molecule has 3 rings (SSSR count). The minimum absolute atomic E-state index is 0.118. The number of hydrogen-bond donors (Lipinski definition) is 2. The zero-order valence-electron chi connectivity index (χ0n) is 14.5. The number of carbonyl (C=O) groups excluding carboxylic acids is 1. The number of nitrogens with zero attached hydrogens (tertiary/aromatic N) is 1. The molecule has 3 N–H and O–H groups in total. The summed E-state index contributed by atoms with van der Waals surface area (Å²) in [6.07, 6.45) is 2.62. The number of ether oxygens (including phenoxy) is 1. The average Bonchev–Trinajstić information content (AvgIpc) is 2.64. The predicted octanol–water partition coefficient (Wildman–Crippen LogP) is 2.27. The molecule has 1 atom stereocenters. The average molecular weight is 341 g/mol. The maximum absolute atomic E-state index is 12.8. The van der Waals surface area contributed by atoms with Gasteiger partial charge in [0.1, 0.15) is 5.75 Å². The quantitative estimate of drug-likeness (QED) is 0.893. The molecule has 132 valence electrons. The molecule has 1 aromatic carbocycles. The van der Waals surface area contributed by atoms with E-state index >= 15 is 0 Å². The van der Waals surface area contributed by atoms with Gasteiger partial charge in [0.25, 0.3) is 11.5 Å². The summed E-state index contributed by atoms with van der Waals surface area (Å²) >= 11 is 0. The normalized spacial score (nSPS) is 14.5. The molecule has 0 fully saturated rings. The van der Waals surface area contributed by atoms with Crippen molar-refractivity contribution in [1.29, 1.82) is 0 Å². The lowest BCUT2D eigenvalue weighted by atomic mass is 10.0. The van der Waals surface area contributed by atoms with Gasteiger partial charge in [0.05, 0.1) is 24.4 Å². The maximum atomic E-state index is 12.8. The monoisotopic (exact) mass is 341 g/mol. The van der Waals surface area contributed by atoms with Gasteiger partial charge < -0.3 is 20.4 Å². The van der Waals surface area contributed by atoms with Gasteiger partial charge in [-0.25, -0.2) is 0 Å². The highest BCUT2D eigenvalue weighted by Crippen LogP contribution is 2.21. The van der Waals surface area contributed by atoms with Crippen molar-refractivity contribution in [3.8, 4) is 5.75 Å². The SMILES string of the molecule is COc1ccc(C(C)NC(=O)c2cc(N)c(=O)n3c2CCCC3)cc1. The van der Waals surface area contributed by atoms with E-state index in [-0.39, 0.29) is 23.2 Å². The Hall–Kier alpha value is -2.76. The fourth-order valence-electron chi connectivity index (χ4n) is 3.24. The molecular formula is C19H23N3O3. The van der Waals surface area contributed by atoms with Crippen molar-refractivity contribution in [3.05, 3.63) is 57.5 Å². The number of fused-ring (bicyclic) bond motifs is 1. The first-order chi connectivity index (χ1) is 12.0. The third-order valence-corrected chi connectivity index (χ3v) is 4.68. The third kappa shape index (κ3) is 3.38. The number of hydrogen-bond acceptors (Lipinski definition) is 4. The Morgan fingerprint density at radius 2 is 2.00 bits per heavy atom. The van der Waals surface area contributed by atoms with Crippen LogP contribution in [0.15, 0.2) is 35.1 Å². The lowest BCUT2D eigenvalue weighted by Crippen LogP contribution is -2.34. The van der Waals surface area contributed by atoms with Gasteiger partial charge in [-0.15, -0.1) is 0 Å². The molecule has 2 aromatic rings. The lowest BCUT2D eigenvalue weighted by molar-refractivity contribution is 0.0937. The minimum Gasteiger partial charge on any atom is -0.497 e. The van der Waals surface area contributed by atoms with Gasteiger partial charge in [0.15, 0.2) is 0 Å². The fraction of sp³-hybridized carbons (Fsp3) is 0.368. The highest BCUT2D eigenvalue weighted by atomic mass is 16.5. The zero-order valence-corrected chi connectivity index (χ0v) is 14.5. The van der Waals surface area contributed by atoms with Gasteiger partial charge in [-0.3, -0.25) is 9.59 Å². The Balaban J connectivity index is 1.85. The van der Waals surface area contributed by atoms with E-state index in [4.69, 9.17) is 10.5 Å². The summed E-state index contributed by atoms with van der Waals surface area (Å²) in [4.78, 5) is 25.0. The molecule has 0 aliphatic carbocycles. The van der Waals surface area contributed by atoms with Crippen LogP contribution in [0, 0.1) is 0 Å². The summed E-state index contributed by atoms with van der Waals surface area (Å²) in [6.45, 7) is 2.54. The second-order valence-electron chi connectivity index (χ2n) is 6.34. The van der Waals surface area contributed by atoms with Crippen molar-refractivity contribution in [2.45, 2.75) is 38.8 Å². The summed E-state index contributed by atoms with van der Waals surface area (Å²) in [7, 11) is 1.62. The van der Waals surface area contributed by atoms with Gasteiger partial charge in [-0.05, 0) is 49.9 Å². The summed E-state index contributed by atoms with van der Waals surface area (Å²) in [5.74, 6) is 0.562. The Bertz CT molecular complexity index is 840. The smallest absolute Gasteiger partial charge is 0.273 e. The molecule has 1 aromatic heterocycles. The number of benzene rings is 1. The highest BCUT2D eigenvalue weighted by molar-refractivity contribution is 5.96. The second-order valence-corrected chi connectivity index (χ2v) is 6.34. The van der Waals surface area contributed by atoms with Crippen LogP contribution >= 0.6 is 0 Å². The van der Waals surface area contributed by atoms with Crippen LogP contribution in [0.25, 0.3) is 0 Å². The first-order valence-electron chi connectivity index (χ1n) is 8.48. The van der Waals surface area contributed by atoms with E-state index in [2.05, 4.69) is 5.32 Å². The Labute approximate surface area is 146 Å². The van der Waals surface area contributed by atoms with Crippen molar-refractivity contribution in [2.75, 3.05) is 12.8 Å². The summed E-state index contributed by atoms with van der Waals surface area (Å²) < 4.78 is 6.80. The number of rotatable bonds is 4. The number of pyridine rings is 1. The van der Waals surface area contributed by atoms with E-state index in [1.807, 2.05) is 31.2 Å². The molecule has 1 aliphatic heterocycles. The number of carbonyl (C=O) groups is 1. The molecule has 0 radical (unpaired) electrons. The molecule has 1 unspecified atom stereocenters. The summed E-state index contributed by atoms with van der Waals surface area (Å²) in [5.41, 5.74) is 8.00. The van der Waals surface area contributed by atoms with Crippen molar-refractivity contribution < 1.29 is 9.53 Å². The second kappa shape index (κ2) is 7.01. The van der Waals surface area contributed by atoms with Crippen LogP contribution in [-0.2, 0) is 13.0 Å². The first-order valence-corrected chi connectivity index (χ1v) is 8.48. The van der Waals surface area contributed by atoms with Crippen LogP contribution in [0.3, 0.4) is 0 Å². The third-order valence-electron chi connectivity index (χ3n) is 4.68. The molecule has 0 saturated carbocycles. The molecule has 6 heteroatoms. The van der Waals surface area contributed by atoms with Crippen LogP contribution in [0.1, 0.15) is 47.4 Å². The lowest BCUT2D eigenvalue weighted by Gasteiger charge is -2.23. The fourth-order valence-corrected chi connectivity index (χ4v) is 3.24. The predicted molar refractivity (Wildman–Crippen MR) is 96.9 cm³/mol. The molecule has 1 aliphatic rings. The molecular weight excluding hydrogens is 318 g/mol. The van der Waals surface area contributed by atoms with Gasteiger partial charge >= 0.3 is 0 Å². The Morgan fingerprint density at radius 3 is 2.68 bits per heavy atom. The van der Waals surface area contributed by atoms with E-state index in [0.717, 1.165) is 36.3 Å². The van der Waals surface area contributed by atoms with Crippen molar-refractivity contribution in [3.63, 3.8) is 0 Å². The van der Waals surface area contributed by atoms with E-state index in [1.54, 1.807) is 11.7 Å². The minimum atomic E-state index is -0.208. The first kappa shape index (κ1) is 17.1. The van der Waals surface area contributed by atoms with Crippen LogP contribution in [0.2, 0.25) is 0 Å². The number of nitrogen functional groups attached to an aromatic ring is 1. The zero-order chi connectivity index (χ0) is 18.0. The van der Waals surface area contributed by atoms with Gasteiger partial charge in [0, 0.05) is 12.2 Å². The summed E-state index contributed by atoms with van der Waals surface area (Å²) in [5, 5.41) is 3.00. The standard InChI is InChI=1S/C19H23N3O3/c1-12(13-6-8-14(25-2)9-7-13)21-18(23)15-11-16(20)19(24)22-10-4-3-5-17(15)22/h6-9,11-12H,3-5,10,20H2,1-2H3,(H,21,23). The van der Waals surface area contributed by atoms with E-state index < -0.39 is 0 Å². The van der Waals surface area contributed by atoms with Gasteiger partial charge in [0.2, 0.25) is 0 Å². The molecule has 0 bridgehead atoms. The topological polar surface area (TPSA) is 86.3 Å². The molecule has 6 nitrogen and oxygen atoms in total. The van der Waals surface area contributed by atoms with Crippen LogP contribution in [-0.4, -0.2) is 17.6 Å². The van der Waals surface area contributed by atoms with Crippen molar-refractivity contribution >= 4 is 11.6 Å². The largest absolute Gasteiger partial charge is 0.497 e. The summed E-state index contributed by atoms with van der Waals surface area (Å²) in [6, 6.07) is 8.90. The molecule has 2 heterocycles. The molecule has 0 spiro atoms. The number of aromatic nitrogens is 1. The Morgan fingerprint density at radius 1 is 1.28 bits per heavy atom. The van der Waals surface area contributed by atoms with E-state index in [9.17, 15) is 9.59 Å². The number of nitrogens with one attached hydrogen (secondary N) is 1. The van der Waals surface area contributed by atoms with Crippen LogP contribution < -0.4 is 21.3 Å². The van der Waals surface area contributed by atoms with Crippen LogP contribution in [0.5, 0.6) is 5.75 Å². The van der Waals surface area contributed by atoms with Crippen molar-refractivity contribution in [2.24, 2.45) is 0 Å². The number of methoxy groups -OCH3 is 1. The van der Waals surface area contributed by atoms with E-state index in [1.165, 1.54) is 6.07 Å². The maximum Gasteiger partial charge on any atom is 0.273 e. The van der Waals surface area contributed by atoms with Crippen LogP contribution in [0.4, 0.5) is 5.69 Å². The van der Waals surface area contributed by atoms with Crippen molar-refractivity contribution in [1.82, 2.24) is 9.88 Å². The van der Waals surface area contributed by atoms with E-state index in [0.29, 0.717) is 12.1 Å². The van der Waals surface area contributed by atoms with Gasteiger partial charge in [-0.2, -0.15) is 0 Å². The molecule has 1 amide bonds. The van der Waals surface area contributed by atoms with Gasteiger partial charge in [-0.1, -0.05) is 12.1 Å². The molecule has 25 heavy (non-hydrogen) atoms. The number of amides is 1. The highest BCUT2D eigenvalue weighted by Gasteiger charge is 2.22. The number of anilines is 1. The number of nitrogens with two attached hydrogens (primary N) is 1.